The highest BCUT2D eigenvalue weighted by atomic mass is 19.1. The first-order chi connectivity index (χ1) is 13.2. The zero-order valence-corrected chi connectivity index (χ0v) is 15.7. The van der Waals surface area contributed by atoms with E-state index in [4.69, 9.17) is 5.11 Å². The second kappa shape index (κ2) is 8.35. The molecule has 2 aromatic rings. The monoisotopic (exact) mass is 373 g/mol. The van der Waals surface area contributed by atoms with Crippen LogP contribution in [-0.2, 0) is 6.42 Å². The van der Waals surface area contributed by atoms with Gasteiger partial charge in [0, 0.05) is 50.7 Å². The van der Waals surface area contributed by atoms with Crippen LogP contribution in [0.1, 0.15) is 37.4 Å². The Labute approximate surface area is 159 Å². The second-order valence-corrected chi connectivity index (χ2v) is 7.65. The van der Waals surface area contributed by atoms with E-state index in [0.29, 0.717) is 12.1 Å². The van der Waals surface area contributed by atoms with E-state index in [2.05, 4.69) is 20.1 Å². The predicted octanol–water partition coefficient (Wildman–Crippen LogP) is 2.26. The van der Waals surface area contributed by atoms with Crippen molar-refractivity contribution in [2.75, 3.05) is 37.7 Å². The topological polar surface area (TPSA) is 57.4 Å². The molecule has 6 nitrogen and oxygen atoms in total. The molecule has 0 bridgehead atoms. The molecule has 7 heteroatoms. The molecule has 2 saturated heterocycles. The van der Waals surface area contributed by atoms with E-state index in [0.717, 1.165) is 69.7 Å². The van der Waals surface area contributed by atoms with Crippen molar-refractivity contribution in [3.63, 3.8) is 0 Å². The van der Waals surface area contributed by atoms with Gasteiger partial charge in [0.05, 0.1) is 11.7 Å². The molecule has 0 amide bonds. The van der Waals surface area contributed by atoms with Gasteiger partial charge in [-0.3, -0.25) is 4.90 Å². The molecule has 2 fully saturated rings. The largest absolute Gasteiger partial charge is 0.396 e. The van der Waals surface area contributed by atoms with E-state index in [1.54, 1.807) is 12.1 Å². The standard InChI is InChI=1S/C20H28FN5O/c21-16-3-5-18(6-4-16)25-12-9-20(15-25)24-10-7-19(8-11-24)26-14-17(22-23-26)2-1-13-27/h3-6,14,19-20,27H,1-2,7-13,15H2/t20-/m0/s1. The smallest absolute Gasteiger partial charge is 0.123 e. The molecule has 27 heavy (non-hydrogen) atoms. The van der Waals surface area contributed by atoms with Crippen LogP contribution in [0.25, 0.3) is 0 Å². The molecule has 1 N–H and O–H groups in total. The van der Waals surface area contributed by atoms with Crippen molar-refractivity contribution >= 4 is 5.69 Å². The quantitative estimate of drug-likeness (QED) is 0.842. The number of benzene rings is 1. The van der Waals surface area contributed by atoms with E-state index in [1.807, 2.05) is 23.0 Å². The molecule has 0 saturated carbocycles. The molecule has 2 aliphatic rings. The van der Waals surface area contributed by atoms with Gasteiger partial charge in [0.2, 0.25) is 0 Å². The number of aliphatic hydroxyl groups excluding tert-OH is 1. The van der Waals surface area contributed by atoms with Gasteiger partial charge in [0.25, 0.3) is 0 Å². The lowest BCUT2D eigenvalue weighted by Gasteiger charge is -2.35. The third kappa shape index (κ3) is 4.30. The lowest BCUT2D eigenvalue weighted by molar-refractivity contribution is 0.138. The summed E-state index contributed by atoms with van der Waals surface area (Å²) in [5.41, 5.74) is 2.09. The predicted molar refractivity (Wildman–Crippen MR) is 102 cm³/mol. The lowest BCUT2D eigenvalue weighted by Crippen LogP contribution is -2.43. The van der Waals surface area contributed by atoms with Crippen molar-refractivity contribution < 1.29 is 9.50 Å². The van der Waals surface area contributed by atoms with Crippen LogP contribution in [0.15, 0.2) is 30.5 Å². The highest BCUT2D eigenvalue weighted by molar-refractivity contribution is 5.47. The molecule has 0 spiro atoms. The van der Waals surface area contributed by atoms with Crippen LogP contribution in [0.3, 0.4) is 0 Å². The summed E-state index contributed by atoms with van der Waals surface area (Å²) in [5, 5.41) is 17.5. The van der Waals surface area contributed by atoms with Crippen LogP contribution in [0.5, 0.6) is 0 Å². The molecule has 1 aromatic carbocycles. The number of aryl methyl sites for hydroxylation is 1. The number of halogens is 1. The van der Waals surface area contributed by atoms with Crippen LogP contribution < -0.4 is 4.90 Å². The van der Waals surface area contributed by atoms with E-state index in [-0.39, 0.29) is 12.4 Å². The third-order valence-electron chi connectivity index (χ3n) is 5.89. The van der Waals surface area contributed by atoms with Gasteiger partial charge in [-0.2, -0.15) is 0 Å². The van der Waals surface area contributed by atoms with Crippen LogP contribution in [0, 0.1) is 5.82 Å². The summed E-state index contributed by atoms with van der Waals surface area (Å²) in [7, 11) is 0. The van der Waals surface area contributed by atoms with Crippen LogP contribution in [0.2, 0.25) is 0 Å². The van der Waals surface area contributed by atoms with Gasteiger partial charge in [0.15, 0.2) is 0 Å². The van der Waals surface area contributed by atoms with Crippen molar-refractivity contribution in [2.24, 2.45) is 0 Å². The third-order valence-corrected chi connectivity index (χ3v) is 5.89. The molecule has 0 radical (unpaired) electrons. The van der Waals surface area contributed by atoms with Gasteiger partial charge in [-0.25, -0.2) is 9.07 Å². The number of piperidine rings is 1. The van der Waals surface area contributed by atoms with E-state index in [1.165, 1.54) is 0 Å². The zero-order chi connectivity index (χ0) is 18.6. The Morgan fingerprint density at radius 3 is 2.52 bits per heavy atom. The molecule has 0 aliphatic carbocycles. The van der Waals surface area contributed by atoms with Gasteiger partial charge in [-0.1, -0.05) is 5.21 Å². The molecule has 1 atom stereocenters. The van der Waals surface area contributed by atoms with Crippen LogP contribution >= 0.6 is 0 Å². The van der Waals surface area contributed by atoms with Crippen molar-refractivity contribution in [3.05, 3.63) is 42.0 Å². The fourth-order valence-electron chi connectivity index (χ4n) is 4.31. The van der Waals surface area contributed by atoms with Crippen molar-refractivity contribution in [1.29, 1.82) is 0 Å². The Morgan fingerprint density at radius 2 is 1.78 bits per heavy atom. The van der Waals surface area contributed by atoms with Gasteiger partial charge >= 0.3 is 0 Å². The van der Waals surface area contributed by atoms with Crippen molar-refractivity contribution in [3.8, 4) is 0 Å². The number of likely N-dealkylation sites (tertiary alicyclic amines) is 1. The van der Waals surface area contributed by atoms with Gasteiger partial charge in [-0.05, 0) is 56.4 Å². The molecule has 2 aliphatic heterocycles. The Morgan fingerprint density at radius 1 is 1.04 bits per heavy atom. The maximum Gasteiger partial charge on any atom is 0.123 e. The highest BCUT2D eigenvalue weighted by Crippen LogP contribution is 2.28. The van der Waals surface area contributed by atoms with Crippen molar-refractivity contribution in [2.45, 2.75) is 44.2 Å². The summed E-state index contributed by atoms with van der Waals surface area (Å²) in [6.45, 7) is 4.41. The molecule has 0 unspecified atom stereocenters. The Balaban J connectivity index is 1.28. The lowest BCUT2D eigenvalue weighted by atomic mass is 10.0. The Kier molecular flexibility index (Phi) is 5.69. The highest BCUT2D eigenvalue weighted by Gasteiger charge is 2.31. The number of hydrogen-bond donors (Lipinski definition) is 1. The SMILES string of the molecule is OCCCc1cn(C2CCN([C@H]3CCN(c4ccc(F)cc4)C3)CC2)nn1. The second-order valence-electron chi connectivity index (χ2n) is 7.65. The van der Waals surface area contributed by atoms with E-state index >= 15 is 0 Å². The minimum absolute atomic E-state index is 0.177. The van der Waals surface area contributed by atoms with Gasteiger partial charge in [-0.15, -0.1) is 5.10 Å². The summed E-state index contributed by atoms with van der Waals surface area (Å²) in [6, 6.07) is 7.84. The first kappa shape index (κ1) is 18.4. The first-order valence-electron chi connectivity index (χ1n) is 9.99. The number of nitrogens with zero attached hydrogens (tertiary/aromatic N) is 5. The summed E-state index contributed by atoms with van der Waals surface area (Å²) in [5.74, 6) is -0.177. The summed E-state index contributed by atoms with van der Waals surface area (Å²) < 4.78 is 15.1. The molecule has 1 aromatic heterocycles. The average molecular weight is 373 g/mol. The summed E-state index contributed by atoms with van der Waals surface area (Å²) >= 11 is 0. The van der Waals surface area contributed by atoms with Crippen LogP contribution in [0.4, 0.5) is 10.1 Å². The molecule has 4 rings (SSSR count). The number of hydrogen-bond acceptors (Lipinski definition) is 5. The normalized spacial score (nSPS) is 21.9. The number of anilines is 1. The van der Waals surface area contributed by atoms with Crippen molar-refractivity contribution in [1.82, 2.24) is 19.9 Å². The Hall–Kier alpha value is -1.99. The molecular weight excluding hydrogens is 345 g/mol. The number of aromatic nitrogens is 3. The van der Waals surface area contributed by atoms with E-state index < -0.39 is 0 Å². The van der Waals surface area contributed by atoms with E-state index in [9.17, 15) is 4.39 Å². The van der Waals surface area contributed by atoms with Gasteiger partial charge in [0.1, 0.15) is 5.82 Å². The summed E-state index contributed by atoms with van der Waals surface area (Å²) in [6.07, 6.45) is 6.92. The maximum absolute atomic E-state index is 13.1. The van der Waals surface area contributed by atoms with Gasteiger partial charge < -0.3 is 10.0 Å². The first-order valence-corrected chi connectivity index (χ1v) is 9.99. The summed E-state index contributed by atoms with van der Waals surface area (Å²) in [4.78, 5) is 4.96. The number of aliphatic hydroxyl groups is 1. The molecule has 146 valence electrons. The molecular formula is C20H28FN5O. The maximum atomic E-state index is 13.1. The average Bonchev–Trinajstić information content (AvgIpc) is 3.37. The Bertz CT molecular complexity index is 726. The fraction of sp³-hybridized carbons (Fsp3) is 0.600. The minimum atomic E-state index is -0.177. The van der Waals surface area contributed by atoms with Crippen LogP contribution in [-0.4, -0.2) is 63.8 Å². The number of rotatable bonds is 6. The molecule has 3 heterocycles. The minimum Gasteiger partial charge on any atom is -0.396 e. The fourth-order valence-corrected chi connectivity index (χ4v) is 4.31. The zero-order valence-electron chi connectivity index (χ0n) is 15.7.